The Morgan fingerprint density at radius 2 is 1.91 bits per heavy atom. The Balaban J connectivity index is 1.67. The predicted molar refractivity (Wildman–Crippen MR) is 47.6 cm³/mol. The molecule has 0 aromatic carbocycles. The van der Waals surface area contributed by atoms with E-state index in [0.717, 1.165) is 12.0 Å². The van der Waals surface area contributed by atoms with Crippen LogP contribution in [0.4, 0.5) is 0 Å². The Morgan fingerprint density at radius 1 is 1.00 bits per heavy atom. The molecule has 0 aromatic rings. The average molecular weight is 153 g/mol. The largest absolute Gasteiger partial charge is 0.314 e. The van der Waals surface area contributed by atoms with Crippen molar-refractivity contribution in [1.29, 1.82) is 0 Å². The third-order valence-corrected chi connectivity index (χ3v) is 3.25. The summed E-state index contributed by atoms with van der Waals surface area (Å²) >= 11 is 0. The Bertz CT molecular complexity index is 112. The topological polar surface area (TPSA) is 12.0 Å². The number of nitrogens with one attached hydrogen (secondary N) is 1. The summed E-state index contributed by atoms with van der Waals surface area (Å²) in [6, 6.07) is 0.883. The minimum atomic E-state index is 0.883. The maximum Gasteiger partial charge on any atom is 0.00697 e. The average Bonchev–Trinajstić information content (AvgIpc) is 1.99. The second kappa shape index (κ2) is 3.57. The van der Waals surface area contributed by atoms with Crippen LogP contribution in [0.1, 0.15) is 44.9 Å². The van der Waals surface area contributed by atoms with Crippen molar-refractivity contribution >= 4 is 0 Å². The summed E-state index contributed by atoms with van der Waals surface area (Å²) in [6.45, 7) is 1.28. The summed E-state index contributed by atoms with van der Waals surface area (Å²) in [7, 11) is 0. The van der Waals surface area contributed by atoms with E-state index >= 15 is 0 Å². The minimum absolute atomic E-state index is 0.883. The van der Waals surface area contributed by atoms with Crippen molar-refractivity contribution in [2.75, 3.05) is 6.54 Å². The maximum atomic E-state index is 3.62. The normalized spacial score (nSPS) is 33.3. The van der Waals surface area contributed by atoms with E-state index in [9.17, 15) is 0 Å². The van der Waals surface area contributed by atoms with Crippen molar-refractivity contribution in [1.82, 2.24) is 5.32 Å². The Labute approximate surface area is 69.6 Å². The van der Waals surface area contributed by atoms with Gasteiger partial charge >= 0.3 is 0 Å². The molecule has 2 aliphatic rings. The van der Waals surface area contributed by atoms with Crippen LogP contribution in [0.5, 0.6) is 0 Å². The molecule has 1 heteroatoms. The van der Waals surface area contributed by atoms with E-state index in [0.29, 0.717) is 0 Å². The first kappa shape index (κ1) is 7.60. The van der Waals surface area contributed by atoms with Crippen LogP contribution in [0, 0.1) is 5.92 Å². The van der Waals surface area contributed by atoms with Crippen LogP contribution in [0.2, 0.25) is 0 Å². The first-order chi connectivity index (χ1) is 5.45. The highest BCUT2D eigenvalue weighted by atomic mass is 14.9. The van der Waals surface area contributed by atoms with E-state index in [-0.39, 0.29) is 0 Å². The van der Waals surface area contributed by atoms with Gasteiger partial charge in [0.1, 0.15) is 0 Å². The van der Waals surface area contributed by atoms with Crippen molar-refractivity contribution in [3.8, 4) is 0 Å². The molecule has 0 aromatic heterocycles. The molecule has 2 fully saturated rings. The highest BCUT2D eigenvalue weighted by molar-refractivity contribution is 4.79. The molecule has 11 heavy (non-hydrogen) atoms. The van der Waals surface area contributed by atoms with Crippen LogP contribution in [-0.2, 0) is 0 Å². The predicted octanol–water partition coefficient (Wildman–Crippen LogP) is 2.32. The summed E-state index contributed by atoms with van der Waals surface area (Å²) in [6.07, 6.45) is 10.3. The third kappa shape index (κ3) is 1.96. The van der Waals surface area contributed by atoms with Crippen molar-refractivity contribution in [3.05, 3.63) is 0 Å². The zero-order valence-electron chi connectivity index (χ0n) is 7.31. The molecular weight excluding hydrogens is 134 g/mol. The van der Waals surface area contributed by atoms with Crippen molar-refractivity contribution in [2.45, 2.75) is 51.0 Å². The van der Waals surface area contributed by atoms with Gasteiger partial charge in [-0.15, -0.1) is 0 Å². The Hall–Kier alpha value is -0.0400. The number of hydrogen-bond donors (Lipinski definition) is 1. The quantitative estimate of drug-likeness (QED) is 0.642. The van der Waals surface area contributed by atoms with Gasteiger partial charge in [0.05, 0.1) is 0 Å². The fraction of sp³-hybridized carbons (Fsp3) is 1.00. The van der Waals surface area contributed by atoms with E-state index in [4.69, 9.17) is 0 Å². The molecule has 0 radical (unpaired) electrons. The lowest BCUT2D eigenvalue weighted by Crippen LogP contribution is -2.36. The van der Waals surface area contributed by atoms with Gasteiger partial charge in [0.15, 0.2) is 0 Å². The first-order valence-corrected chi connectivity index (χ1v) is 5.18. The maximum absolute atomic E-state index is 3.62. The zero-order chi connectivity index (χ0) is 7.52. The van der Waals surface area contributed by atoms with E-state index < -0.39 is 0 Å². The Kier molecular flexibility index (Phi) is 2.47. The molecule has 2 rings (SSSR count). The molecule has 0 unspecified atom stereocenters. The lowest BCUT2D eigenvalue weighted by atomic mass is 9.79. The molecule has 1 aliphatic carbocycles. The summed E-state index contributed by atoms with van der Waals surface area (Å²) in [5, 5.41) is 3.62. The lowest BCUT2D eigenvalue weighted by Gasteiger charge is -2.32. The highest BCUT2D eigenvalue weighted by Crippen LogP contribution is 2.31. The molecule has 1 nitrogen and oxygen atoms in total. The van der Waals surface area contributed by atoms with Crippen LogP contribution in [0.15, 0.2) is 0 Å². The third-order valence-electron chi connectivity index (χ3n) is 3.25. The zero-order valence-corrected chi connectivity index (χ0v) is 7.31. The molecular formula is C10H19N. The van der Waals surface area contributed by atoms with Gasteiger partial charge < -0.3 is 5.32 Å². The molecule has 1 N–H and O–H groups in total. The summed E-state index contributed by atoms with van der Waals surface area (Å²) in [5.41, 5.74) is 0. The Morgan fingerprint density at radius 3 is 2.45 bits per heavy atom. The summed E-state index contributed by atoms with van der Waals surface area (Å²) in [5.74, 6) is 1.09. The van der Waals surface area contributed by atoms with Gasteiger partial charge in [-0.2, -0.15) is 0 Å². The highest BCUT2D eigenvalue weighted by Gasteiger charge is 2.22. The minimum Gasteiger partial charge on any atom is -0.314 e. The molecule has 1 heterocycles. The molecule has 64 valence electrons. The van der Waals surface area contributed by atoms with Crippen molar-refractivity contribution < 1.29 is 0 Å². The van der Waals surface area contributed by atoms with Gasteiger partial charge in [0.2, 0.25) is 0 Å². The molecule has 1 atom stereocenters. The van der Waals surface area contributed by atoms with E-state index in [2.05, 4.69) is 5.32 Å². The number of rotatable bonds is 2. The van der Waals surface area contributed by atoms with E-state index in [1.54, 1.807) is 0 Å². The monoisotopic (exact) mass is 153 g/mol. The molecule has 0 spiro atoms. The van der Waals surface area contributed by atoms with E-state index in [1.807, 2.05) is 0 Å². The van der Waals surface area contributed by atoms with E-state index in [1.165, 1.54) is 51.5 Å². The van der Waals surface area contributed by atoms with Crippen LogP contribution in [-0.4, -0.2) is 12.6 Å². The SMILES string of the molecule is C1CC[C@@H](CC2CCC2)NC1. The molecule has 0 amide bonds. The second-order valence-corrected chi connectivity index (χ2v) is 4.18. The second-order valence-electron chi connectivity index (χ2n) is 4.18. The first-order valence-electron chi connectivity index (χ1n) is 5.18. The summed E-state index contributed by atoms with van der Waals surface area (Å²) in [4.78, 5) is 0. The standard InChI is InChI=1S/C10H19N/c1-2-7-11-10(6-1)8-9-4-3-5-9/h9-11H,1-8H2/t10-/m0/s1. The van der Waals surface area contributed by atoms with Crippen LogP contribution < -0.4 is 5.32 Å². The van der Waals surface area contributed by atoms with Crippen LogP contribution >= 0.6 is 0 Å². The number of piperidine rings is 1. The van der Waals surface area contributed by atoms with Gasteiger partial charge in [0.25, 0.3) is 0 Å². The lowest BCUT2D eigenvalue weighted by molar-refractivity contribution is 0.240. The molecule has 1 saturated carbocycles. The van der Waals surface area contributed by atoms with Gasteiger partial charge in [-0.25, -0.2) is 0 Å². The van der Waals surface area contributed by atoms with Gasteiger partial charge in [-0.3, -0.25) is 0 Å². The fourth-order valence-electron chi connectivity index (χ4n) is 2.26. The van der Waals surface area contributed by atoms with Crippen molar-refractivity contribution in [2.24, 2.45) is 5.92 Å². The van der Waals surface area contributed by atoms with Gasteiger partial charge in [0, 0.05) is 6.04 Å². The van der Waals surface area contributed by atoms with Gasteiger partial charge in [-0.1, -0.05) is 25.7 Å². The van der Waals surface area contributed by atoms with Crippen molar-refractivity contribution in [3.63, 3.8) is 0 Å². The van der Waals surface area contributed by atoms with Crippen LogP contribution in [0.25, 0.3) is 0 Å². The molecule has 1 saturated heterocycles. The van der Waals surface area contributed by atoms with Crippen LogP contribution in [0.3, 0.4) is 0 Å². The fourth-order valence-corrected chi connectivity index (χ4v) is 2.26. The summed E-state index contributed by atoms with van der Waals surface area (Å²) < 4.78 is 0. The molecule has 1 aliphatic heterocycles. The van der Waals surface area contributed by atoms with Gasteiger partial charge in [-0.05, 0) is 31.7 Å². The molecule has 0 bridgehead atoms. The number of hydrogen-bond acceptors (Lipinski definition) is 1. The smallest absolute Gasteiger partial charge is 0.00697 e.